The molecule has 2 aliphatic rings. The first kappa shape index (κ1) is 14.2. The monoisotopic (exact) mass is 328 g/mol. The molecule has 22 heavy (non-hydrogen) atoms. The Labute approximate surface area is 129 Å². The van der Waals surface area contributed by atoms with Gasteiger partial charge in [0.15, 0.2) is 0 Å². The molecule has 2 fully saturated rings. The molecule has 2 saturated heterocycles. The summed E-state index contributed by atoms with van der Waals surface area (Å²) in [6.45, 7) is 2.89. The summed E-state index contributed by atoms with van der Waals surface area (Å²) in [6, 6.07) is 2.00. The van der Waals surface area contributed by atoms with Crippen LogP contribution >= 0.6 is 11.3 Å². The van der Waals surface area contributed by atoms with E-state index in [9.17, 15) is 13.2 Å². The second kappa shape index (κ2) is 5.06. The van der Waals surface area contributed by atoms with Gasteiger partial charge in [-0.15, -0.1) is 11.3 Å². The first-order valence-corrected chi connectivity index (χ1v) is 8.10. The van der Waals surface area contributed by atoms with E-state index in [1.165, 1.54) is 6.33 Å². The summed E-state index contributed by atoms with van der Waals surface area (Å²) in [4.78, 5) is 11.6. The molecule has 0 spiro atoms. The number of alkyl halides is 3. The van der Waals surface area contributed by atoms with Crippen LogP contribution in [0.2, 0.25) is 0 Å². The first-order valence-electron chi connectivity index (χ1n) is 7.29. The fourth-order valence-corrected chi connectivity index (χ4v) is 4.40. The van der Waals surface area contributed by atoms with Gasteiger partial charge in [-0.25, -0.2) is 9.97 Å². The van der Waals surface area contributed by atoms with E-state index in [0.717, 1.165) is 48.6 Å². The number of rotatable bonds is 2. The minimum atomic E-state index is -4.19. The van der Waals surface area contributed by atoms with Gasteiger partial charge in [-0.1, -0.05) is 0 Å². The standard InChI is InChI=1S/C14H15F3N4S/c15-14(16,17)4-9-3-10-12(19-7-20-13(10)22-9)21-6-8-1-2-18-5-11(8)21/h3,7-8,11,18H,1-2,4-6H2/t8-,11-/m1/s1. The highest BCUT2D eigenvalue weighted by molar-refractivity contribution is 7.18. The van der Waals surface area contributed by atoms with Gasteiger partial charge in [0, 0.05) is 24.0 Å². The Bertz CT molecular complexity index is 699. The predicted octanol–water partition coefficient (Wildman–Crippen LogP) is 2.59. The summed E-state index contributed by atoms with van der Waals surface area (Å²) in [5, 5.41) is 4.12. The third-order valence-corrected chi connectivity index (χ3v) is 5.47. The van der Waals surface area contributed by atoms with Gasteiger partial charge in [0.25, 0.3) is 0 Å². The Balaban J connectivity index is 1.66. The second-order valence-electron chi connectivity index (χ2n) is 5.89. The van der Waals surface area contributed by atoms with E-state index < -0.39 is 12.6 Å². The van der Waals surface area contributed by atoms with Crippen molar-refractivity contribution in [2.75, 3.05) is 24.5 Å². The van der Waals surface area contributed by atoms with Gasteiger partial charge >= 0.3 is 6.18 Å². The highest BCUT2D eigenvalue weighted by Gasteiger charge is 2.41. The maximum absolute atomic E-state index is 12.6. The minimum Gasteiger partial charge on any atom is -0.351 e. The molecule has 1 N–H and O–H groups in total. The SMILES string of the molecule is FC(F)(F)Cc1cc2c(N3C[C@H]4CCNC[C@H]43)ncnc2s1. The summed E-state index contributed by atoms with van der Waals surface area (Å²) in [5.41, 5.74) is 0. The van der Waals surface area contributed by atoms with E-state index in [0.29, 0.717) is 21.7 Å². The summed E-state index contributed by atoms with van der Waals surface area (Å²) < 4.78 is 37.7. The molecule has 2 aromatic rings. The average Bonchev–Trinajstić information content (AvgIpc) is 2.81. The maximum Gasteiger partial charge on any atom is 0.393 e. The molecule has 8 heteroatoms. The van der Waals surface area contributed by atoms with Gasteiger partial charge in [0.1, 0.15) is 17.0 Å². The molecular weight excluding hydrogens is 313 g/mol. The molecule has 0 aliphatic carbocycles. The van der Waals surface area contributed by atoms with E-state index >= 15 is 0 Å². The lowest BCUT2D eigenvalue weighted by molar-refractivity contribution is -0.126. The third kappa shape index (κ3) is 2.44. The molecule has 118 valence electrons. The molecule has 2 atom stereocenters. The third-order valence-electron chi connectivity index (χ3n) is 4.43. The molecule has 2 aromatic heterocycles. The van der Waals surface area contributed by atoms with Crippen molar-refractivity contribution in [3.8, 4) is 0 Å². The van der Waals surface area contributed by atoms with Gasteiger partial charge in [-0.05, 0) is 24.9 Å². The minimum absolute atomic E-state index is 0.295. The van der Waals surface area contributed by atoms with Crippen LogP contribution < -0.4 is 10.2 Å². The van der Waals surface area contributed by atoms with Crippen molar-refractivity contribution in [3.63, 3.8) is 0 Å². The van der Waals surface area contributed by atoms with Gasteiger partial charge in [0.2, 0.25) is 0 Å². The molecule has 0 amide bonds. The number of piperidine rings is 1. The van der Waals surface area contributed by atoms with E-state index in [2.05, 4.69) is 20.2 Å². The highest BCUT2D eigenvalue weighted by Crippen LogP contribution is 2.39. The van der Waals surface area contributed by atoms with Crippen LogP contribution in [0.3, 0.4) is 0 Å². The Morgan fingerprint density at radius 3 is 3.00 bits per heavy atom. The highest BCUT2D eigenvalue weighted by atomic mass is 32.1. The van der Waals surface area contributed by atoms with Crippen LogP contribution in [0.25, 0.3) is 10.2 Å². The van der Waals surface area contributed by atoms with Crippen LogP contribution in [0.1, 0.15) is 11.3 Å². The molecule has 0 bridgehead atoms. The van der Waals surface area contributed by atoms with E-state index in [1.807, 2.05) is 0 Å². The Morgan fingerprint density at radius 2 is 2.23 bits per heavy atom. The van der Waals surface area contributed by atoms with Gasteiger partial charge in [-0.3, -0.25) is 0 Å². The van der Waals surface area contributed by atoms with Gasteiger partial charge in [0.05, 0.1) is 11.8 Å². The van der Waals surface area contributed by atoms with E-state index in [1.54, 1.807) is 6.07 Å². The Hall–Kier alpha value is -1.41. The molecule has 2 aliphatic heterocycles. The van der Waals surface area contributed by atoms with Crippen molar-refractivity contribution in [3.05, 3.63) is 17.3 Å². The van der Waals surface area contributed by atoms with E-state index in [4.69, 9.17) is 0 Å². The zero-order valence-electron chi connectivity index (χ0n) is 11.7. The largest absolute Gasteiger partial charge is 0.393 e. The van der Waals surface area contributed by atoms with Gasteiger partial charge in [-0.2, -0.15) is 13.2 Å². The molecule has 0 saturated carbocycles. The second-order valence-corrected chi connectivity index (χ2v) is 7.01. The lowest BCUT2D eigenvalue weighted by Crippen LogP contribution is -2.64. The molecule has 0 radical (unpaired) electrons. The fraction of sp³-hybridized carbons (Fsp3) is 0.571. The number of hydrogen-bond acceptors (Lipinski definition) is 5. The zero-order chi connectivity index (χ0) is 15.3. The molecule has 4 nitrogen and oxygen atoms in total. The number of nitrogens with zero attached hydrogens (tertiary/aromatic N) is 3. The topological polar surface area (TPSA) is 41.0 Å². The smallest absolute Gasteiger partial charge is 0.351 e. The quantitative estimate of drug-likeness (QED) is 0.920. The number of nitrogens with one attached hydrogen (secondary N) is 1. The van der Waals surface area contributed by atoms with Crippen molar-refractivity contribution in [1.82, 2.24) is 15.3 Å². The molecule has 4 rings (SSSR count). The van der Waals surface area contributed by atoms with Crippen molar-refractivity contribution in [2.24, 2.45) is 5.92 Å². The molecule has 4 heterocycles. The summed E-state index contributed by atoms with van der Waals surface area (Å²) in [6.07, 6.45) is -2.49. The van der Waals surface area contributed by atoms with Crippen LogP contribution in [0, 0.1) is 5.92 Å². The van der Waals surface area contributed by atoms with Crippen molar-refractivity contribution in [1.29, 1.82) is 0 Å². The normalized spacial score (nSPS) is 25.1. The van der Waals surface area contributed by atoms with Crippen LogP contribution in [-0.2, 0) is 6.42 Å². The Morgan fingerprint density at radius 1 is 1.36 bits per heavy atom. The molecule has 0 unspecified atom stereocenters. The lowest BCUT2D eigenvalue weighted by atomic mass is 9.83. The molecule has 0 aromatic carbocycles. The summed E-state index contributed by atoms with van der Waals surface area (Å²) >= 11 is 1.11. The number of fused-ring (bicyclic) bond motifs is 2. The number of aromatic nitrogens is 2. The number of hydrogen-bond donors (Lipinski definition) is 1. The molecular formula is C14H15F3N4S. The van der Waals surface area contributed by atoms with Crippen LogP contribution in [-0.4, -0.2) is 41.8 Å². The van der Waals surface area contributed by atoms with Crippen LogP contribution in [0.5, 0.6) is 0 Å². The summed E-state index contributed by atoms with van der Waals surface area (Å²) in [5.74, 6) is 1.44. The lowest BCUT2D eigenvalue weighted by Gasteiger charge is -2.51. The van der Waals surface area contributed by atoms with Crippen molar-refractivity contribution >= 4 is 27.4 Å². The number of halogens is 3. The van der Waals surface area contributed by atoms with Crippen LogP contribution in [0.15, 0.2) is 12.4 Å². The predicted molar refractivity (Wildman–Crippen MR) is 79.3 cm³/mol. The van der Waals surface area contributed by atoms with Crippen molar-refractivity contribution < 1.29 is 13.2 Å². The maximum atomic E-state index is 12.6. The number of anilines is 1. The fourth-order valence-electron chi connectivity index (χ4n) is 3.37. The van der Waals surface area contributed by atoms with Gasteiger partial charge < -0.3 is 10.2 Å². The summed E-state index contributed by atoms with van der Waals surface area (Å²) in [7, 11) is 0. The Kier molecular flexibility index (Phi) is 3.26. The first-order chi connectivity index (χ1) is 10.5. The zero-order valence-corrected chi connectivity index (χ0v) is 12.5. The van der Waals surface area contributed by atoms with Crippen molar-refractivity contribution in [2.45, 2.75) is 25.1 Å². The van der Waals surface area contributed by atoms with E-state index in [-0.39, 0.29) is 0 Å². The van der Waals surface area contributed by atoms with Crippen LogP contribution in [0.4, 0.5) is 19.0 Å². The average molecular weight is 328 g/mol. The number of thiophene rings is 1.